The summed E-state index contributed by atoms with van der Waals surface area (Å²) in [5.74, 6) is -1.39. The number of rotatable bonds is 7. The third kappa shape index (κ3) is 5.13. The average Bonchev–Trinajstić information content (AvgIpc) is 3.17. The van der Waals surface area contributed by atoms with Crippen LogP contribution in [0, 0.1) is 15.9 Å². The summed E-state index contributed by atoms with van der Waals surface area (Å²) in [4.78, 5) is 21.3. The second kappa shape index (κ2) is 9.17. The molecular formula is C19H17ClF4N6O3. The monoisotopic (exact) mass is 488 g/mol. The summed E-state index contributed by atoms with van der Waals surface area (Å²) in [5.41, 5.74) is -1.58. The van der Waals surface area contributed by atoms with Gasteiger partial charge in [0.2, 0.25) is 11.1 Å². The predicted molar refractivity (Wildman–Crippen MR) is 111 cm³/mol. The van der Waals surface area contributed by atoms with E-state index in [0.29, 0.717) is 0 Å². The Kier molecular flexibility index (Phi) is 6.72. The Morgan fingerprint density at radius 3 is 2.58 bits per heavy atom. The maximum absolute atomic E-state index is 15.1. The molecule has 9 nitrogen and oxygen atoms in total. The van der Waals surface area contributed by atoms with E-state index >= 15 is 4.39 Å². The first-order valence-corrected chi connectivity index (χ1v) is 9.73. The van der Waals surface area contributed by atoms with Crippen LogP contribution in [0.15, 0.2) is 24.5 Å². The molecule has 0 bridgehead atoms. The van der Waals surface area contributed by atoms with Crippen LogP contribution in [-0.2, 0) is 12.7 Å². The van der Waals surface area contributed by atoms with Crippen molar-refractivity contribution >= 4 is 23.1 Å². The molecule has 0 fully saturated rings. The zero-order valence-corrected chi connectivity index (χ0v) is 18.2. The van der Waals surface area contributed by atoms with Gasteiger partial charge in [-0.3, -0.25) is 10.1 Å². The number of nitro groups is 1. The summed E-state index contributed by atoms with van der Waals surface area (Å²) in [6.07, 6.45) is -2.98. The number of imidazole rings is 1. The van der Waals surface area contributed by atoms with Crippen LogP contribution in [0.3, 0.4) is 0 Å². The van der Waals surface area contributed by atoms with E-state index in [0.717, 1.165) is 18.5 Å². The van der Waals surface area contributed by atoms with E-state index in [4.69, 9.17) is 16.3 Å². The summed E-state index contributed by atoms with van der Waals surface area (Å²) in [7, 11) is 1.23. The van der Waals surface area contributed by atoms with Crippen LogP contribution in [0.25, 0.3) is 11.4 Å². The summed E-state index contributed by atoms with van der Waals surface area (Å²) in [5, 5.41) is 13.6. The molecule has 33 heavy (non-hydrogen) atoms. The maximum atomic E-state index is 15.1. The molecule has 0 saturated carbocycles. The number of methoxy groups -OCH3 is 1. The molecule has 176 valence electrons. The molecule has 0 atom stereocenters. The van der Waals surface area contributed by atoms with Gasteiger partial charge < -0.3 is 14.6 Å². The Labute approximate surface area is 189 Å². The third-order valence-corrected chi connectivity index (χ3v) is 4.72. The second-order valence-electron chi connectivity index (χ2n) is 7.09. The van der Waals surface area contributed by atoms with E-state index in [-0.39, 0.29) is 40.3 Å². The summed E-state index contributed by atoms with van der Waals surface area (Å²) < 4.78 is 61.2. The van der Waals surface area contributed by atoms with E-state index in [2.05, 4.69) is 20.3 Å². The van der Waals surface area contributed by atoms with Crippen LogP contribution >= 0.6 is 11.6 Å². The molecule has 0 amide bonds. The molecule has 14 heteroatoms. The van der Waals surface area contributed by atoms with Gasteiger partial charge in [-0.05, 0) is 43.1 Å². The van der Waals surface area contributed by atoms with E-state index in [1.165, 1.54) is 17.7 Å². The minimum absolute atomic E-state index is 0.0664. The number of hydrogen-bond donors (Lipinski definition) is 1. The SMILES string of the molecule is COc1cc(CNc2nc(Cl)ncc2[N+](=O)[O-])cc(F)c1-c1nc(C(F)(F)F)cn1C(C)C. The highest BCUT2D eigenvalue weighted by atomic mass is 35.5. The fourth-order valence-corrected chi connectivity index (χ4v) is 3.16. The standard InChI is InChI=1S/C19H17ClF4N6O3/c1-9(2)29-8-14(19(22,23)24)27-17(29)15-11(21)4-10(5-13(15)33-3)6-25-16-12(30(31)32)7-26-18(20)28-16/h4-5,7-9H,6H2,1-3H3,(H,25,26,28). The molecule has 2 heterocycles. The normalized spacial score (nSPS) is 11.7. The number of benzene rings is 1. The smallest absolute Gasteiger partial charge is 0.434 e. The number of alkyl halides is 3. The molecule has 0 saturated heterocycles. The van der Waals surface area contributed by atoms with E-state index in [1.807, 2.05) is 0 Å². The fourth-order valence-electron chi connectivity index (χ4n) is 3.03. The van der Waals surface area contributed by atoms with Crippen LogP contribution in [0.5, 0.6) is 5.75 Å². The first-order valence-electron chi connectivity index (χ1n) is 9.36. The van der Waals surface area contributed by atoms with E-state index in [1.54, 1.807) is 13.8 Å². The first kappa shape index (κ1) is 24.2. The molecule has 0 unspecified atom stereocenters. The van der Waals surface area contributed by atoms with Crippen molar-refractivity contribution in [1.82, 2.24) is 19.5 Å². The van der Waals surface area contributed by atoms with Crippen molar-refractivity contribution in [2.24, 2.45) is 0 Å². The lowest BCUT2D eigenvalue weighted by Crippen LogP contribution is -2.08. The molecular weight excluding hydrogens is 472 g/mol. The number of halogens is 5. The Morgan fingerprint density at radius 1 is 1.30 bits per heavy atom. The first-order chi connectivity index (χ1) is 15.4. The number of nitrogens with zero attached hydrogens (tertiary/aromatic N) is 5. The van der Waals surface area contributed by atoms with Crippen molar-refractivity contribution in [3.8, 4) is 17.1 Å². The van der Waals surface area contributed by atoms with Gasteiger partial charge >= 0.3 is 11.9 Å². The third-order valence-electron chi connectivity index (χ3n) is 4.53. The number of nitrogens with one attached hydrogen (secondary N) is 1. The maximum Gasteiger partial charge on any atom is 0.434 e. The molecule has 1 N–H and O–H groups in total. The Morgan fingerprint density at radius 2 is 2.00 bits per heavy atom. The van der Waals surface area contributed by atoms with Crippen LogP contribution < -0.4 is 10.1 Å². The molecule has 3 aromatic rings. The van der Waals surface area contributed by atoms with Gasteiger partial charge in [0.15, 0.2) is 5.69 Å². The average molecular weight is 489 g/mol. The summed E-state index contributed by atoms with van der Waals surface area (Å²) in [6, 6.07) is 2.00. The quantitative estimate of drug-likeness (QED) is 0.209. The van der Waals surface area contributed by atoms with Crippen LogP contribution in [0.2, 0.25) is 5.28 Å². The highest BCUT2D eigenvalue weighted by Crippen LogP contribution is 2.38. The van der Waals surface area contributed by atoms with Gasteiger partial charge in [0, 0.05) is 18.8 Å². The lowest BCUT2D eigenvalue weighted by molar-refractivity contribution is -0.384. The highest BCUT2D eigenvalue weighted by Gasteiger charge is 2.36. The van der Waals surface area contributed by atoms with Gasteiger partial charge in [0.25, 0.3) is 0 Å². The fraction of sp³-hybridized carbons (Fsp3) is 0.316. The van der Waals surface area contributed by atoms with Gasteiger partial charge in [-0.15, -0.1) is 0 Å². The zero-order chi connectivity index (χ0) is 24.5. The topological polar surface area (TPSA) is 108 Å². The van der Waals surface area contributed by atoms with Crippen molar-refractivity contribution in [1.29, 1.82) is 0 Å². The molecule has 0 radical (unpaired) electrons. The van der Waals surface area contributed by atoms with Gasteiger partial charge in [0.1, 0.15) is 23.6 Å². The van der Waals surface area contributed by atoms with Crippen molar-refractivity contribution in [2.45, 2.75) is 32.6 Å². The second-order valence-corrected chi connectivity index (χ2v) is 7.43. The number of hydrogen-bond acceptors (Lipinski definition) is 7. The van der Waals surface area contributed by atoms with E-state index in [9.17, 15) is 23.3 Å². The Balaban J connectivity index is 2.01. The van der Waals surface area contributed by atoms with E-state index < -0.39 is 34.3 Å². The molecule has 3 rings (SSSR count). The zero-order valence-electron chi connectivity index (χ0n) is 17.4. The van der Waals surface area contributed by atoms with Crippen LogP contribution in [-0.4, -0.2) is 31.6 Å². The molecule has 0 aliphatic carbocycles. The molecule has 1 aromatic carbocycles. The number of ether oxygens (including phenoxy) is 1. The molecule has 0 spiro atoms. The van der Waals surface area contributed by atoms with Crippen LogP contribution in [0.4, 0.5) is 29.1 Å². The number of aromatic nitrogens is 4. The van der Waals surface area contributed by atoms with Crippen molar-refractivity contribution in [2.75, 3.05) is 12.4 Å². The minimum atomic E-state index is -4.71. The van der Waals surface area contributed by atoms with Crippen molar-refractivity contribution in [3.05, 3.63) is 57.0 Å². The van der Waals surface area contributed by atoms with Crippen molar-refractivity contribution in [3.63, 3.8) is 0 Å². The lowest BCUT2D eigenvalue weighted by atomic mass is 10.1. The van der Waals surface area contributed by atoms with Gasteiger partial charge in [-0.2, -0.15) is 18.2 Å². The highest BCUT2D eigenvalue weighted by molar-refractivity contribution is 6.28. The lowest BCUT2D eigenvalue weighted by Gasteiger charge is -2.16. The summed E-state index contributed by atoms with van der Waals surface area (Å²) >= 11 is 5.68. The Hall–Kier alpha value is -3.48. The largest absolute Gasteiger partial charge is 0.496 e. The van der Waals surface area contributed by atoms with Crippen LogP contribution in [0.1, 0.15) is 31.1 Å². The minimum Gasteiger partial charge on any atom is -0.496 e. The Bertz CT molecular complexity index is 1200. The van der Waals surface area contributed by atoms with Gasteiger partial charge in [0.05, 0.1) is 17.6 Å². The van der Waals surface area contributed by atoms with Gasteiger partial charge in [-0.25, -0.2) is 14.4 Å². The molecule has 0 aliphatic rings. The molecule has 0 aliphatic heterocycles. The van der Waals surface area contributed by atoms with Gasteiger partial charge in [-0.1, -0.05) is 0 Å². The molecule has 2 aromatic heterocycles. The van der Waals surface area contributed by atoms with Crippen molar-refractivity contribution < 1.29 is 27.2 Å². The number of anilines is 1. The summed E-state index contributed by atoms with van der Waals surface area (Å²) in [6.45, 7) is 3.13. The predicted octanol–water partition coefficient (Wildman–Crippen LogP) is 5.26.